The highest BCUT2D eigenvalue weighted by atomic mass is 15.1. The molecule has 2 heteroatoms. The summed E-state index contributed by atoms with van der Waals surface area (Å²) >= 11 is 0. The molecule has 0 aliphatic heterocycles. The summed E-state index contributed by atoms with van der Waals surface area (Å²) < 4.78 is 2.37. The van der Waals surface area contributed by atoms with E-state index in [1.807, 2.05) is 6.07 Å². The molecule has 3 aromatic rings. The summed E-state index contributed by atoms with van der Waals surface area (Å²) in [6.45, 7) is 3.11. The van der Waals surface area contributed by atoms with Crippen LogP contribution in [0.3, 0.4) is 0 Å². The standard InChI is InChI=1S/C19H20N2/c1-2-9-19-20-17-13-6-7-14-18(17)21(19)15-8-12-16-10-4-3-5-11-16/h3-8,10-14H,2,9,15H2,1H3/p+1. The molecule has 0 aliphatic carbocycles. The van der Waals surface area contributed by atoms with Crippen LogP contribution in [0, 0.1) is 0 Å². The van der Waals surface area contributed by atoms with E-state index < -0.39 is 0 Å². The van der Waals surface area contributed by atoms with Gasteiger partial charge in [0, 0.05) is 6.42 Å². The number of H-pyrrole nitrogens is 1. The Morgan fingerprint density at radius 1 is 1.00 bits per heavy atom. The minimum Gasteiger partial charge on any atom is -0.241 e. The number of allylic oxidation sites excluding steroid dienone is 1. The molecule has 2 aromatic carbocycles. The van der Waals surface area contributed by atoms with Gasteiger partial charge in [-0.2, -0.15) is 0 Å². The highest BCUT2D eigenvalue weighted by Gasteiger charge is 2.15. The largest absolute Gasteiger partial charge is 0.255 e. The van der Waals surface area contributed by atoms with Crippen LogP contribution >= 0.6 is 0 Å². The van der Waals surface area contributed by atoms with Crippen LogP contribution in [0.5, 0.6) is 0 Å². The highest BCUT2D eigenvalue weighted by molar-refractivity contribution is 5.71. The fourth-order valence-electron chi connectivity index (χ4n) is 2.68. The maximum Gasteiger partial charge on any atom is 0.255 e. The van der Waals surface area contributed by atoms with E-state index in [9.17, 15) is 0 Å². The van der Waals surface area contributed by atoms with Crippen LogP contribution in [-0.2, 0) is 13.0 Å². The summed E-state index contributed by atoms with van der Waals surface area (Å²) in [5, 5.41) is 0. The van der Waals surface area contributed by atoms with Crippen molar-refractivity contribution in [1.29, 1.82) is 0 Å². The minimum absolute atomic E-state index is 0.897. The number of nitrogens with zero attached hydrogens (tertiary/aromatic N) is 1. The van der Waals surface area contributed by atoms with Gasteiger partial charge in [-0.05, 0) is 30.2 Å². The van der Waals surface area contributed by atoms with Crippen molar-refractivity contribution >= 4 is 17.1 Å². The predicted molar refractivity (Wildman–Crippen MR) is 88.0 cm³/mol. The second-order valence-electron chi connectivity index (χ2n) is 5.26. The lowest BCUT2D eigenvalue weighted by Gasteiger charge is -1.98. The molecular weight excluding hydrogens is 256 g/mol. The van der Waals surface area contributed by atoms with E-state index in [0.717, 1.165) is 19.4 Å². The first-order valence-corrected chi connectivity index (χ1v) is 7.59. The molecule has 0 radical (unpaired) electrons. The number of imidazole rings is 1. The van der Waals surface area contributed by atoms with Crippen LogP contribution in [0.4, 0.5) is 0 Å². The molecule has 1 N–H and O–H groups in total. The summed E-state index contributed by atoms with van der Waals surface area (Å²) in [6, 6.07) is 19.0. The van der Waals surface area contributed by atoms with Crippen molar-refractivity contribution in [2.75, 3.05) is 0 Å². The molecule has 106 valence electrons. The van der Waals surface area contributed by atoms with Gasteiger partial charge in [0.25, 0.3) is 5.82 Å². The van der Waals surface area contributed by atoms with E-state index in [-0.39, 0.29) is 0 Å². The number of aromatic amines is 1. The lowest BCUT2D eigenvalue weighted by atomic mass is 10.2. The number of fused-ring (bicyclic) bond motifs is 1. The Bertz CT molecular complexity index is 739. The maximum atomic E-state index is 3.54. The van der Waals surface area contributed by atoms with Crippen LogP contribution in [0.25, 0.3) is 17.1 Å². The van der Waals surface area contributed by atoms with Crippen LogP contribution < -0.4 is 4.57 Å². The molecule has 0 saturated heterocycles. The van der Waals surface area contributed by atoms with Gasteiger partial charge in [0.15, 0.2) is 11.0 Å². The van der Waals surface area contributed by atoms with Gasteiger partial charge in [0.1, 0.15) is 6.54 Å². The Morgan fingerprint density at radius 2 is 1.76 bits per heavy atom. The molecule has 0 amide bonds. The van der Waals surface area contributed by atoms with Crippen molar-refractivity contribution in [2.45, 2.75) is 26.3 Å². The van der Waals surface area contributed by atoms with Crippen molar-refractivity contribution in [3.05, 3.63) is 72.1 Å². The Balaban J connectivity index is 1.88. The second kappa shape index (κ2) is 6.40. The first-order chi connectivity index (χ1) is 10.4. The van der Waals surface area contributed by atoms with E-state index in [1.165, 1.54) is 22.4 Å². The first kappa shape index (κ1) is 13.6. The average Bonchev–Trinajstić information content (AvgIpc) is 2.87. The SMILES string of the molecule is CCCc1[nH]c2ccccc2[n+]1CC=Cc1ccccc1. The number of para-hydroxylation sites is 2. The Hall–Kier alpha value is -2.35. The quantitative estimate of drug-likeness (QED) is 0.677. The van der Waals surface area contributed by atoms with Gasteiger partial charge >= 0.3 is 0 Å². The maximum absolute atomic E-state index is 3.54. The average molecular weight is 277 g/mol. The summed E-state index contributed by atoms with van der Waals surface area (Å²) in [5.74, 6) is 1.30. The highest BCUT2D eigenvalue weighted by Crippen LogP contribution is 2.10. The molecule has 0 bridgehead atoms. The molecule has 1 heterocycles. The van der Waals surface area contributed by atoms with Gasteiger partial charge in [-0.1, -0.05) is 55.5 Å². The molecule has 3 rings (SSSR count). The van der Waals surface area contributed by atoms with Gasteiger partial charge in [-0.3, -0.25) is 0 Å². The topological polar surface area (TPSA) is 19.7 Å². The predicted octanol–water partition coefficient (Wildman–Crippen LogP) is 4.12. The zero-order valence-electron chi connectivity index (χ0n) is 12.4. The summed E-state index contributed by atoms with van der Waals surface area (Å²) in [4.78, 5) is 3.54. The third-order valence-electron chi connectivity index (χ3n) is 3.68. The van der Waals surface area contributed by atoms with Crippen molar-refractivity contribution in [3.63, 3.8) is 0 Å². The van der Waals surface area contributed by atoms with Gasteiger partial charge < -0.3 is 0 Å². The lowest BCUT2D eigenvalue weighted by molar-refractivity contribution is -0.668. The fraction of sp³-hybridized carbons (Fsp3) is 0.211. The number of aryl methyl sites for hydroxylation is 1. The van der Waals surface area contributed by atoms with Gasteiger partial charge in [-0.25, -0.2) is 9.55 Å². The van der Waals surface area contributed by atoms with Crippen molar-refractivity contribution in [2.24, 2.45) is 0 Å². The van der Waals surface area contributed by atoms with E-state index in [2.05, 4.69) is 77.2 Å². The Kier molecular flexibility index (Phi) is 4.15. The zero-order chi connectivity index (χ0) is 14.5. The van der Waals surface area contributed by atoms with Crippen LogP contribution in [0.15, 0.2) is 60.7 Å². The molecule has 0 saturated carbocycles. The number of hydrogen-bond donors (Lipinski definition) is 1. The third-order valence-corrected chi connectivity index (χ3v) is 3.68. The molecule has 1 aromatic heterocycles. The Labute approximate surface area is 125 Å². The van der Waals surface area contributed by atoms with E-state index in [1.54, 1.807) is 0 Å². The summed E-state index contributed by atoms with van der Waals surface area (Å²) in [6.07, 6.45) is 6.64. The normalized spacial score (nSPS) is 11.5. The molecular formula is C19H21N2+. The molecule has 2 nitrogen and oxygen atoms in total. The monoisotopic (exact) mass is 277 g/mol. The molecule has 0 unspecified atom stereocenters. The van der Waals surface area contributed by atoms with E-state index >= 15 is 0 Å². The zero-order valence-corrected chi connectivity index (χ0v) is 12.4. The van der Waals surface area contributed by atoms with E-state index in [4.69, 9.17) is 0 Å². The number of aromatic nitrogens is 2. The van der Waals surface area contributed by atoms with Crippen molar-refractivity contribution in [1.82, 2.24) is 4.98 Å². The molecule has 0 atom stereocenters. The Morgan fingerprint density at radius 3 is 2.57 bits per heavy atom. The smallest absolute Gasteiger partial charge is 0.241 e. The molecule has 21 heavy (non-hydrogen) atoms. The van der Waals surface area contributed by atoms with Crippen LogP contribution in [0.1, 0.15) is 24.7 Å². The first-order valence-electron chi connectivity index (χ1n) is 7.59. The van der Waals surface area contributed by atoms with E-state index in [0.29, 0.717) is 0 Å². The third kappa shape index (κ3) is 3.05. The van der Waals surface area contributed by atoms with Gasteiger partial charge in [0.2, 0.25) is 0 Å². The number of rotatable bonds is 5. The molecule has 0 fully saturated rings. The van der Waals surface area contributed by atoms with Crippen molar-refractivity contribution < 1.29 is 4.57 Å². The summed E-state index contributed by atoms with van der Waals surface area (Å²) in [5.41, 5.74) is 3.74. The van der Waals surface area contributed by atoms with Gasteiger partial charge in [-0.15, -0.1) is 0 Å². The molecule has 0 aliphatic rings. The van der Waals surface area contributed by atoms with Crippen molar-refractivity contribution in [3.8, 4) is 0 Å². The van der Waals surface area contributed by atoms with Gasteiger partial charge in [0.05, 0.1) is 0 Å². The fourth-order valence-corrected chi connectivity index (χ4v) is 2.68. The summed E-state index contributed by atoms with van der Waals surface area (Å²) in [7, 11) is 0. The molecule has 0 spiro atoms. The lowest BCUT2D eigenvalue weighted by Crippen LogP contribution is -2.36. The number of hydrogen-bond acceptors (Lipinski definition) is 0. The minimum atomic E-state index is 0.897. The van der Waals surface area contributed by atoms with Crippen LogP contribution in [-0.4, -0.2) is 4.98 Å². The number of benzene rings is 2. The van der Waals surface area contributed by atoms with Crippen LogP contribution in [0.2, 0.25) is 0 Å². The second-order valence-corrected chi connectivity index (χ2v) is 5.26. The number of nitrogens with one attached hydrogen (secondary N) is 1.